The monoisotopic (exact) mass is 415 g/mol. The summed E-state index contributed by atoms with van der Waals surface area (Å²) in [7, 11) is 0. The van der Waals surface area contributed by atoms with Crippen molar-refractivity contribution < 1.29 is 23.9 Å². The first-order valence-electron chi connectivity index (χ1n) is 10.9. The van der Waals surface area contributed by atoms with Crippen molar-refractivity contribution in [2.24, 2.45) is 11.8 Å². The fourth-order valence-electron chi connectivity index (χ4n) is 4.84. The van der Waals surface area contributed by atoms with Crippen LogP contribution in [-0.4, -0.2) is 47.5 Å². The Morgan fingerprint density at radius 3 is 2.43 bits per heavy atom. The number of amides is 1. The molecule has 0 bridgehead atoms. The molecule has 1 heterocycles. The number of Topliss-reactive ketones (excluding diaryl/α,β-unsaturated/α-hetero) is 1. The highest BCUT2D eigenvalue weighted by Gasteiger charge is 2.67. The van der Waals surface area contributed by atoms with Crippen molar-refractivity contribution in [3.63, 3.8) is 0 Å². The highest BCUT2D eigenvalue weighted by molar-refractivity contribution is 6.14. The van der Waals surface area contributed by atoms with E-state index in [1.54, 1.807) is 6.92 Å². The van der Waals surface area contributed by atoms with Gasteiger partial charge < -0.3 is 9.47 Å². The zero-order valence-corrected chi connectivity index (χ0v) is 18.6. The molecule has 6 nitrogen and oxygen atoms in total. The summed E-state index contributed by atoms with van der Waals surface area (Å²) in [6, 6.07) is 10.3. The Hall–Kier alpha value is -2.37. The van der Waals surface area contributed by atoms with Gasteiger partial charge in [-0.15, -0.1) is 0 Å². The number of hydrogen-bond donors (Lipinski definition) is 0. The molecular formula is C24H33NO5. The van der Waals surface area contributed by atoms with E-state index in [2.05, 4.69) is 32.9 Å². The van der Waals surface area contributed by atoms with E-state index in [1.165, 1.54) is 17.4 Å². The first-order chi connectivity index (χ1) is 14.1. The summed E-state index contributed by atoms with van der Waals surface area (Å²) in [6.45, 7) is 9.76. The number of hydrogen-bond acceptors (Lipinski definition) is 5. The number of esters is 1. The minimum atomic E-state index is -1.53. The highest BCUT2D eigenvalue weighted by Crippen LogP contribution is 2.45. The second-order valence-corrected chi connectivity index (χ2v) is 9.26. The normalized spacial score (nSPS) is 28.6. The van der Waals surface area contributed by atoms with Gasteiger partial charge in [-0.25, -0.2) is 9.59 Å². The summed E-state index contributed by atoms with van der Waals surface area (Å²) in [5.41, 5.74) is -0.527. The summed E-state index contributed by atoms with van der Waals surface area (Å²) in [5, 5.41) is 0. The number of benzene rings is 1. The number of rotatable bonds is 6. The van der Waals surface area contributed by atoms with Crippen molar-refractivity contribution in [1.29, 1.82) is 0 Å². The van der Waals surface area contributed by atoms with Crippen LogP contribution in [0.15, 0.2) is 30.3 Å². The molecule has 1 amide bonds. The van der Waals surface area contributed by atoms with Crippen molar-refractivity contribution >= 4 is 17.8 Å². The number of ether oxygens (including phenoxy) is 2. The molecule has 0 N–H and O–H groups in total. The van der Waals surface area contributed by atoms with Crippen LogP contribution in [0, 0.1) is 11.8 Å². The summed E-state index contributed by atoms with van der Waals surface area (Å²) < 4.78 is 11.0. The fraction of sp³-hybridized carbons (Fsp3) is 0.625. The topological polar surface area (TPSA) is 72.7 Å². The smallest absolute Gasteiger partial charge is 0.411 e. The van der Waals surface area contributed by atoms with Gasteiger partial charge in [0, 0.05) is 5.92 Å². The zero-order valence-electron chi connectivity index (χ0n) is 18.6. The Labute approximate surface area is 178 Å². The van der Waals surface area contributed by atoms with E-state index in [1.807, 2.05) is 18.2 Å². The average Bonchev–Trinajstić information content (AvgIpc) is 3.46. The standard InChI is InChI=1S/C24H33NO5/c1-6-29-22(28)25-15-24(25,17(3)26)21(27)30-20-14-16(2)12-13-19(20)23(4,5)18-10-8-7-9-11-18/h7-11,16,19-20H,6,12-15H2,1-5H3/t16-,19-,20-,24?,25?/m1/s1. The average molecular weight is 416 g/mol. The van der Waals surface area contributed by atoms with Gasteiger partial charge in [-0.3, -0.25) is 9.69 Å². The first-order valence-corrected chi connectivity index (χ1v) is 10.9. The van der Waals surface area contributed by atoms with E-state index in [4.69, 9.17) is 9.47 Å². The SMILES string of the molecule is CCOC(=O)N1CC1(C(C)=O)C(=O)O[C@@H]1C[C@H](C)CC[C@H]1C(C)(C)c1ccccc1. The molecule has 164 valence electrons. The molecule has 1 aliphatic carbocycles. The number of carbonyl (C=O) groups is 3. The lowest BCUT2D eigenvalue weighted by atomic mass is 9.64. The Morgan fingerprint density at radius 1 is 1.17 bits per heavy atom. The zero-order chi connectivity index (χ0) is 22.1. The van der Waals surface area contributed by atoms with Gasteiger partial charge in [0.1, 0.15) is 6.10 Å². The summed E-state index contributed by atoms with van der Waals surface area (Å²) in [4.78, 5) is 38.8. The maximum atomic E-state index is 13.2. The Bertz CT molecular complexity index is 805. The molecule has 1 unspecified atom stereocenters. The van der Waals surface area contributed by atoms with Gasteiger partial charge in [-0.2, -0.15) is 0 Å². The second-order valence-electron chi connectivity index (χ2n) is 9.26. The van der Waals surface area contributed by atoms with Gasteiger partial charge in [0.15, 0.2) is 5.78 Å². The van der Waals surface area contributed by atoms with E-state index >= 15 is 0 Å². The Balaban J connectivity index is 1.82. The van der Waals surface area contributed by atoms with Crippen LogP contribution in [-0.2, 0) is 24.5 Å². The summed E-state index contributed by atoms with van der Waals surface area (Å²) in [5.74, 6) is -0.461. The molecule has 4 atom stereocenters. The van der Waals surface area contributed by atoms with E-state index in [9.17, 15) is 14.4 Å². The van der Waals surface area contributed by atoms with Gasteiger partial charge in [-0.1, -0.05) is 57.5 Å². The fourth-order valence-corrected chi connectivity index (χ4v) is 4.84. The van der Waals surface area contributed by atoms with Gasteiger partial charge in [0.25, 0.3) is 0 Å². The minimum absolute atomic E-state index is 0.0228. The second kappa shape index (κ2) is 8.40. The largest absolute Gasteiger partial charge is 0.460 e. The third-order valence-electron chi connectivity index (χ3n) is 6.91. The molecule has 6 heteroatoms. The maximum Gasteiger partial charge on any atom is 0.411 e. The summed E-state index contributed by atoms with van der Waals surface area (Å²) in [6.07, 6.45) is 1.80. The van der Waals surface area contributed by atoms with E-state index in [0.717, 1.165) is 19.3 Å². The molecule has 2 fully saturated rings. The molecule has 1 saturated carbocycles. The first kappa shape index (κ1) is 22.3. The minimum Gasteiger partial charge on any atom is -0.460 e. The van der Waals surface area contributed by atoms with Crippen molar-refractivity contribution in [2.75, 3.05) is 13.2 Å². The van der Waals surface area contributed by atoms with Crippen LogP contribution in [0.25, 0.3) is 0 Å². The molecule has 3 rings (SSSR count). The van der Waals surface area contributed by atoms with Crippen LogP contribution < -0.4 is 0 Å². The highest BCUT2D eigenvalue weighted by atomic mass is 16.6. The van der Waals surface area contributed by atoms with Crippen molar-refractivity contribution in [1.82, 2.24) is 4.90 Å². The van der Waals surface area contributed by atoms with E-state index in [-0.39, 0.29) is 36.4 Å². The maximum absolute atomic E-state index is 13.2. The van der Waals surface area contributed by atoms with Crippen LogP contribution in [0.5, 0.6) is 0 Å². The van der Waals surface area contributed by atoms with Gasteiger partial charge >= 0.3 is 12.1 Å². The molecular weight excluding hydrogens is 382 g/mol. The van der Waals surface area contributed by atoms with Crippen molar-refractivity contribution in [3.05, 3.63) is 35.9 Å². The summed E-state index contributed by atoms with van der Waals surface area (Å²) >= 11 is 0. The molecule has 0 spiro atoms. The van der Waals surface area contributed by atoms with Crippen LogP contribution in [0.3, 0.4) is 0 Å². The quantitative estimate of drug-likeness (QED) is 0.397. The number of carbonyl (C=O) groups excluding carboxylic acids is 3. The molecule has 2 aliphatic rings. The van der Waals surface area contributed by atoms with Crippen LogP contribution in [0.1, 0.15) is 59.4 Å². The van der Waals surface area contributed by atoms with Gasteiger partial charge in [0.2, 0.25) is 5.54 Å². The Morgan fingerprint density at radius 2 is 1.83 bits per heavy atom. The van der Waals surface area contributed by atoms with Gasteiger partial charge in [0.05, 0.1) is 13.2 Å². The Kier molecular flexibility index (Phi) is 6.25. The lowest BCUT2D eigenvalue weighted by Crippen LogP contribution is -2.47. The van der Waals surface area contributed by atoms with Crippen molar-refractivity contribution in [3.8, 4) is 0 Å². The molecule has 1 aromatic carbocycles. The molecule has 0 radical (unpaired) electrons. The lowest BCUT2D eigenvalue weighted by molar-refractivity contribution is -0.162. The van der Waals surface area contributed by atoms with Crippen molar-refractivity contribution in [2.45, 2.75) is 70.9 Å². The van der Waals surface area contributed by atoms with Crippen LogP contribution >= 0.6 is 0 Å². The predicted molar refractivity (Wildman–Crippen MR) is 113 cm³/mol. The van der Waals surface area contributed by atoms with Crippen LogP contribution in [0.4, 0.5) is 4.79 Å². The number of ketones is 1. The molecule has 0 aromatic heterocycles. The van der Waals surface area contributed by atoms with Gasteiger partial charge in [-0.05, 0) is 43.6 Å². The lowest BCUT2D eigenvalue weighted by Gasteiger charge is -2.44. The van der Waals surface area contributed by atoms with Crippen LogP contribution in [0.2, 0.25) is 0 Å². The molecule has 30 heavy (non-hydrogen) atoms. The van der Waals surface area contributed by atoms with E-state index in [0.29, 0.717) is 5.92 Å². The third kappa shape index (κ3) is 3.96. The molecule has 1 aromatic rings. The predicted octanol–water partition coefficient (Wildman–Crippen LogP) is 4.11. The number of nitrogens with zero attached hydrogens (tertiary/aromatic N) is 1. The third-order valence-corrected chi connectivity index (χ3v) is 6.91. The van der Waals surface area contributed by atoms with E-state index < -0.39 is 17.6 Å². The molecule has 1 saturated heterocycles. The molecule has 1 aliphatic heterocycles.